The van der Waals surface area contributed by atoms with E-state index in [9.17, 15) is 9.90 Å². The maximum Gasteiger partial charge on any atom is 0.336 e. The summed E-state index contributed by atoms with van der Waals surface area (Å²) in [6.07, 6.45) is 1.61. The fourth-order valence-corrected chi connectivity index (χ4v) is 2.47. The maximum atomic E-state index is 11.4. The third kappa shape index (κ3) is 2.26. The Morgan fingerprint density at radius 2 is 1.95 bits per heavy atom. The van der Waals surface area contributed by atoms with Gasteiger partial charge in [-0.3, -0.25) is 4.68 Å². The van der Waals surface area contributed by atoms with E-state index in [0.717, 1.165) is 35.4 Å². The zero-order valence-electron chi connectivity index (χ0n) is 11.5. The summed E-state index contributed by atoms with van der Waals surface area (Å²) in [5.41, 5.74) is 4.10. The summed E-state index contributed by atoms with van der Waals surface area (Å²) in [4.78, 5) is 11.4. The first-order valence-electron chi connectivity index (χ1n) is 6.47. The molecule has 0 amide bonds. The molecule has 1 aromatic carbocycles. The first-order chi connectivity index (χ1) is 9.10. The smallest absolute Gasteiger partial charge is 0.336 e. The highest BCUT2D eigenvalue weighted by Crippen LogP contribution is 2.31. The van der Waals surface area contributed by atoms with E-state index < -0.39 is 5.97 Å². The summed E-state index contributed by atoms with van der Waals surface area (Å²) in [7, 11) is 1.91. The number of carbonyl (C=O) groups is 1. The quantitative estimate of drug-likeness (QED) is 0.917. The molecule has 2 rings (SSSR count). The van der Waals surface area contributed by atoms with E-state index in [4.69, 9.17) is 0 Å². The highest BCUT2D eigenvalue weighted by atomic mass is 16.4. The molecule has 1 aromatic heterocycles. The van der Waals surface area contributed by atoms with Crippen LogP contribution < -0.4 is 0 Å². The van der Waals surface area contributed by atoms with Crippen molar-refractivity contribution in [2.45, 2.75) is 26.7 Å². The summed E-state index contributed by atoms with van der Waals surface area (Å²) >= 11 is 0. The van der Waals surface area contributed by atoms with Crippen molar-refractivity contribution in [1.82, 2.24) is 9.78 Å². The fourth-order valence-electron chi connectivity index (χ4n) is 2.47. The van der Waals surface area contributed by atoms with Gasteiger partial charge in [0.05, 0.1) is 11.3 Å². The van der Waals surface area contributed by atoms with E-state index in [1.54, 1.807) is 12.1 Å². The molecule has 0 bridgehead atoms. The zero-order chi connectivity index (χ0) is 14.0. The molecule has 0 spiro atoms. The van der Waals surface area contributed by atoms with E-state index in [2.05, 4.69) is 12.0 Å². The number of carboxylic acid groups (broad SMARTS) is 1. The van der Waals surface area contributed by atoms with Crippen LogP contribution in [-0.4, -0.2) is 20.9 Å². The lowest BCUT2D eigenvalue weighted by molar-refractivity contribution is 0.0697. The van der Waals surface area contributed by atoms with Crippen LogP contribution >= 0.6 is 0 Å². The van der Waals surface area contributed by atoms with Gasteiger partial charge in [0.1, 0.15) is 0 Å². The van der Waals surface area contributed by atoms with Crippen molar-refractivity contribution in [3.8, 4) is 11.1 Å². The number of rotatable bonds is 4. The van der Waals surface area contributed by atoms with E-state index in [-0.39, 0.29) is 0 Å². The molecule has 2 aromatic rings. The van der Waals surface area contributed by atoms with Crippen molar-refractivity contribution < 1.29 is 9.90 Å². The van der Waals surface area contributed by atoms with Crippen LogP contribution in [-0.2, 0) is 19.9 Å². The van der Waals surface area contributed by atoms with Gasteiger partial charge < -0.3 is 5.11 Å². The minimum Gasteiger partial charge on any atom is -0.478 e. The van der Waals surface area contributed by atoms with E-state index >= 15 is 0 Å². The van der Waals surface area contributed by atoms with Gasteiger partial charge in [0, 0.05) is 18.3 Å². The Morgan fingerprint density at radius 1 is 1.26 bits per heavy atom. The van der Waals surface area contributed by atoms with Gasteiger partial charge in [0.2, 0.25) is 0 Å². The van der Waals surface area contributed by atoms with Crippen molar-refractivity contribution in [1.29, 1.82) is 0 Å². The van der Waals surface area contributed by atoms with Gasteiger partial charge in [-0.1, -0.05) is 32.0 Å². The number of aryl methyl sites for hydroxylation is 2. The Kier molecular flexibility index (Phi) is 3.69. The molecule has 0 aliphatic rings. The van der Waals surface area contributed by atoms with Crippen molar-refractivity contribution in [3.05, 3.63) is 41.2 Å². The molecule has 1 heterocycles. The number of benzene rings is 1. The molecule has 0 unspecified atom stereocenters. The predicted molar refractivity (Wildman–Crippen MR) is 74.4 cm³/mol. The molecule has 0 atom stereocenters. The van der Waals surface area contributed by atoms with Crippen molar-refractivity contribution in [2.24, 2.45) is 7.05 Å². The van der Waals surface area contributed by atoms with Gasteiger partial charge in [-0.2, -0.15) is 5.10 Å². The Bertz CT molecular complexity index is 615. The maximum absolute atomic E-state index is 11.4. The topological polar surface area (TPSA) is 55.1 Å². The molecular formula is C15H18N2O2. The Morgan fingerprint density at radius 3 is 2.53 bits per heavy atom. The molecule has 0 radical (unpaired) electrons. The minimum atomic E-state index is -0.899. The second-order valence-corrected chi connectivity index (χ2v) is 4.45. The van der Waals surface area contributed by atoms with Gasteiger partial charge in [-0.05, 0) is 24.5 Å². The molecule has 19 heavy (non-hydrogen) atoms. The molecule has 4 nitrogen and oxygen atoms in total. The van der Waals surface area contributed by atoms with Crippen molar-refractivity contribution in [3.63, 3.8) is 0 Å². The Hall–Kier alpha value is -2.10. The summed E-state index contributed by atoms with van der Waals surface area (Å²) < 4.78 is 1.85. The number of aromatic nitrogens is 2. The van der Waals surface area contributed by atoms with Crippen LogP contribution in [0.25, 0.3) is 11.1 Å². The average molecular weight is 258 g/mol. The normalized spacial score (nSPS) is 10.7. The van der Waals surface area contributed by atoms with Gasteiger partial charge in [-0.15, -0.1) is 0 Å². The predicted octanol–water partition coefficient (Wildman–Crippen LogP) is 2.91. The minimum absolute atomic E-state index is 0.333. The van der Waals surface area contributed by atoms with E-state index in [0.29, 0.717) is 5.56 Å². The van der Waals surface area contributed by atoms with Crippen LogP contribution in [0.15, 0.2) is 24.3 Å². The molecular weight excluding hydrogens is 240 g/mol. The Balaban J connectivity index is 2.74. The van der Waals surface area contributed by atoms with E-state index in [1.807, 2.05) is 30.8 Å². The molecule has 0 saturated carbocycles. The summed E-state index contributed by atoms with van der Waals surface area (Å²) in [6, 6.07) is 7.12. The van der Waals surface area contributed by atoms with Crippen LogP contribution in [0.4, 0.5) is 0 Å². The third-order valence-corrected chi connectivity index (χ3v) is 3.34. The van der Waals surface area contributed by atoms with Crippen molar-refractivity contribution >= 4 is 5.97 Å². The second kappa shape index (κ2) is 5.26. The lowest BCUT2D eigenvalue weighted by Crippen LogP contribution is -2.02. The molecule has 0 aliphatic heterocycles. The lowest BCUT2D eigenvalue weighted by Gasteiger charge is -2.08. The lowest BCUT2D eigenvalue weighted by atomic mass is 9.96. The van der Waals surface area contributed by atoms with Gasteiger partial charge in [0.15, 0.2) is 0 Å². The highest BCUT2D eigenvalue weighted by molar-refractivity contribution is 5.96. The third-order valence-electron chi connectivity index (χ3n) is 3.34. The van der Waals surface area contributed by atoms with Gasteiger partial charge in [-0.25, -0.2) is 4.79 Å². The van der Waals surface area contributed by atoms with Gasteiger partial charge >= 0.3 is 5.97 Å². The molecule has 4 heteroatoms. The number of carboxylic acids is 1. The number of hydrogen-bond donors (Lipinski definition) is 1. The second-order valence-electron chi connectivity index (χ2n) is 4.45. The molecule has 0 aliphatic carbocycles. The number of hydrogen-bond acceptors (Lipinski definition) is 2. The standard InChI is InChI=1S/C15H18N2O2/c1-4-12-14(13(5-2)17(3)16-12)10-8-6-7-9-11(10)15(18)19/h6-9H,4-5H2,1-3H3,(H,18,19). The molecule has 1 N–H and O–H groups in total. The molecule has 0 saturated heterocycles. The van der Waals surface area contributed by atoms with Crippen LogP contribution in [0.2, 0.25) is 0 Å². The monoisotopic (exact) mass is 258 g/mol. The SMILES string of the molecule is CCc1nn(C)c(CC)c1-c1ccccc1C(=O)O. The van der Waals surface area contributed by atoms with E-state index in [1.165, 1.54) is 0 Å². The summed E-state index contributed by atoms with van der Waals surface area (Å²) in [6.45, 7) is 4.10. The van der Waals surface area contributed by atoms with Gasteiger partial charge in [0.25, 0.3) is 0 Å². The Labute approximate surface area is 112 Å². The van der Waals surface area contributed by atoms with Crippen molar-refractivity contribution in [2.75, 3.05) is 0 Å². The zero-order valence-corrected chi connectivity index (χ0v) is 11.5. The van der Waals surface area contributed by atoms with Crippen LogP contribution in [0.1, 0.15) is 35.6 Å². The van der Waals surface area contributed by atoms with Crippen LogP contribution in [0.3, 0.4) is 0 Å². The summed E-state index contributed by atoms with van der Waals surface area (Å²) in [5, 5.41) is 13.8. The summed E-state index contributed by atoms with van der Waals surface area (Å²) in [5.74, 6) is -0.899. The van der Waals surface area contributed by atoms with Crippen LogP contribution in [0, 0.1) is 0 Å². The number of aromatic carboxylic acids is 1. The highest BCUT2D eigenvalue weighted by Gasteiger charge is 2.20. The molecule has 100 valence electrons. The first-order valence-corrected chi connectivity index (χ1v) is 6.47. The number of nitrogens with zero attached hydrogens (tertiary/aromatic N) is 2. The first kappa shape index (κ1) is 13.3. The average Bonchev–Trinajstić information content (AvgIpc) is 2.74. The molecule has 0 fully saturated rings. The fraction of sp³-hybridized carbons (Fsp3) is 0.333. The largest absolute Gasteiger partial charge is 0.478 e. The van der Waals surface area contributed by atoms with Crippen LogP contribution in [0.5, 0.6) is 0 Å².